The average Bonchev–Trinajstić information content (AvgIpc) is 3.10. The summed E-state index contributed by atoms with van der Waals surface area (Å²) >= 11 is 1.30. The summed E-state index contributed by atoms with van der Waals surface area (Å²) in [5.41, 5.74) is 4.14. The molecule has 0 unspecified atom stereocenters. The predicted octanol–water partition coefficient (Wildman–Crippen LogP) is 3.97. The number of aryl methyl sites for hydroxylation is 2. The number of rotatable bonds is 8. The number of benzene rings is 1. The van der Waals surface area contributed by atoms with Gasteiger partial charge in [-0.05, 0) is 49.9 Å². The first-order valence-electron chi connectivity index (χ1n) is 9.73. The van der Waals surface area contributed by atoms with Gasteiger partial charge in [0.1, 0.15) is 5.82 Å². The van der Waals surface area contributed by atoms with E-state index in [1.165, 1.54) is 29.5 Å². The molecule has 0 N–H and O–H groups in total. The van der Waals surface area contributed by atoms with Crippen LogP contribution in [0.5, 0.6) is 0 Å². The fraction of sp³-hybridized carbons (Fsp3) is 0.429. The van der Waals surface area contributed by atoms with E-state index in [4.69, 9.17) is 0 Å². The molecule has 8 heteroatoms. The van der Waals surface area contributed by atoms with Gasteiger partial charge in [0.25, 0.3) is 5.78 Å². The van der Waals surface area contributed by atoms with Crippen molar-refractivity contribution in [2.45, 2.75) is 51.7 Å². The van der Waals surface area contributed by atoms with Crippen LogP contribution in [0.15, 0.2) is 29.4 Å². The summed E-state index contributed by atoms with van der Waals surface area (Å²) in [6, 6.07) is 6.16. The largest absolute Gasteiger partial charge is 0.341 e. The molecule has 0 fully saturated rings. The van der Waals surface area contributed by atoms with E-state index in [1.54, 1.807) is 28.6 Å². The van der Waals surface area contributed by atoms with Gasteiger partial charge < -0.3 is 4.90 Å². The molecular weight excluding hydrogens is 389 g/mol. The highest BCUT2D eigenvalue weighted by atomic mass is 32.2. The molecule has 0 atom stereocenters. The van der Waals surface area contributed by atoms with Crippen molar-refractivity contribution in [1.29, 1.82) is 0 Å². The maximum Gasteiger partial charge on any atom is 0.253 e. The molecule has 0 bridgehead atoms. The van der Waals surface area contributed by atoms with Gasteiger partial charge in [-0.15, -0.1) is 5.10 Å². The van der Waals surface area contributed by atoms with Gasteiger partial charge in [0.05, 0.1) is 5.75 Å². The maximum atomic E-state index is 13.0. The zero-order valence-electron chi connectivity index (χ0n) is 17.3. The van der Waals surface area contributed by atoms with Crippen LogP contribution >= 0.6 is 11.8 Å². The van der Waals surface area contributed by atoms with Crippen molar-refractivity contribution >= 4 is 23.4 Å². The lowest BCUT2D eigenvalue weighted by atomic mass is 10.1. The molecule has 2 aromatic heterocycles. The summed E-state index contributed by atoms with van der Waals surface area (Å²) in [6.07, 6.45) is 3.22. The third kappa shape index (κ3) is 5.12. The van der Waals surface area contributed by atoms with Crippen LogP contribution in [0.3, 0.4) is 0 Å². The van der Waals surface area contributed by atoms with Crippen molar-refractivity contribution in [2.75, 3.05) is 12.8 Å². The topological polar surface area (TPSA) is 63.4 Å². The smallest absolute Gasteiger partial charge is 0.253 e. The monoisotopic (exact) mass is 415 g/mol. The van der Waals surface area contributed by atoms with Crippen LogP contribution in [0.2, 0.25) is 0 Å². The second-order valence-corrected chi connectivity index (χ2v) is 8.08. The van der Waals surface area contributed by atoms with Crippen LogP contribution < -0.4 is 0 Å². The summed E-state index contributed by atoms with van der Waals surface area (Å²) in [5.74, 6) is 0.473. The van der Waals surface area contributed by atoms with Crippen LogP contribution in [0.4, 0.5) is 4.39 Å². The molecule has 29 heavy (non-hydrogen) atoms. The van der Waals surface area contributed by atoms with Gasteiger partial charge in [-0.25, -0.2) is 13.9 Å². The molecule has 0 saturated carbocycles. The minimum atomic E-state index is -0.284. The lowest BCUT2D eigenvalue weighted by Gasteiger charge is -2.16. The normalized spacial score (nSPS) is 11.2. The first-order valence-corrected chi connectivity index (χ1v) is 10.7. The Morgan fingerprint density at radius 2 is 1.93 bits per heavy atom. The van der Waals surface area contributed by atoms with Crippen molar-refractivity contribution in [2.24, 2.45) is 0 Å². The maximum absolute atomic E-state index is 13.0. The highest BCUT2D eigenvalue weighted by Crippen LogP contribution is 2.20. The minimum Gasteiger partial charge on any atom is -0.341 e. The van der Waals surface area contributed by atoms with Crippen molar-refractivity contribution in [3.05, 3.63) is 52.6 Å². The van der Waals surface area contributed by atoms with Gasteiger partial charge in [0.15, 0.2) is 0 Å². The molecule has 3 rings (SSSR count). The van der Waals surface area contributed by atoms with Crippen molar-refractivity contribution < 1.29 is 9.18 Å². The second kappa shape index (κ2) is 9.35. The number of hydrogen-bond acceptors (Lipinski definition) is 5. The number of carbonyl (C=O) groups is 1. The summed E-state index contributed by atoms with van der Waals surface area (Å²) in [7, 11) is 1.73. The predicted molar refractivity (Wildman–Crippen MR) is 112 cm³/mol. The Hall–Kier alpha value is -2.48. The van der Waals surface area contributed by atoms with Crippen LogP contribution in [0.25, 0.3) is 5.78 Å². The Bertz CT molecular complexity index is 1000. The lowest BCUT2D eigenvalue weighted by Crippen LogP contribution is -2.27. The molecule has 3 aromatic rings. The summed E-state index contributed by atoms with van der Waals surface area (Å²) in [6.45, 7) is 6.65. The van der Waals surface area contributed by atoms with Crippen LogP contribution in [0, 0.1) is 19.7 Å². The standard InChI is InChI=1S/C21H26FN5OS/c1-5-6-7-18-14(2)23-20-24-21(25-27(20)15(18)3)29-13-19(28)26(4)12-16-8-10-17(22)11-9-16/h8-11H,5-7,12-13H2,1-4H3. The van der Waals surface area contributed by atoms with Crippen LogP contribution in [-0.4, -0.2) is 43.2 Å². The molecule has 0 aliphatic rings. The van der Waals surface area contributed by atoms with E-state index in [9.17, 15) is 9.18 Å². The Kier molecular flexibility index (Phi) is 6.84. The average molecular weight is 416 g/mol. The molecule has 1 aromatic carbocycles. The molecule has 0 radical (unpaired) electrons. The fourth-order valence-corrected chi connectivity index (χ4v) is 3.91. The van der Waals surface area contributed by atoms with E-state index in [2.05, 4.69) is 22.0 Å². The van der Waals surface area contributed by atoms with Gasteiger partial charge >= 0.3 is 0 Å². The van der Waals surface area contributed by atoms with E-state index in [0.717, 1.165) is 36.2 Å². The first-order chi connectivity index (χ1) is 13.9. The summed E-state index contributed by atoms with van der Waals surface area (Å²) in [5, 5.41) is 5.08. The number of fused-ring (bicyclic) bond motifs is 1. The van der Waals surface area contributed by atoms with Gasteiger partial charge in [0, 0.05) is 25.0 Å². The molecule has 0 aliphatic carbocycles. The number of unbranched alkanes of at least 4 members (excludes halogenated alkanes) is 1. The van der Waals surface area contributed by atoms with E-state index < -0.39 is 0 Å². The Morgan fingerprint density at radius 3 is 2.62 bits per heavy atom. The second-order valence-electron chi connectivity index (χ2n) is 7.14. The van der Waals surface area contributed by atoms with Crippen molar-refractivity contribution in [3.63, 3.8) is 0 Å². The number of thioether (sulfide) groups is 1. The number of hydrogen-bond donors (Lipinski definition) is 0. The van der Waals surface area contributed by atoms with E-state index in [-0.39, 0.29) is 17.5 Å². The minimum absolute atomic E-state index is 0.0392. The van der Waals surface area contributed by atoms with E-state index in [0.29, 0.717) is 17.5 Å². The SMILES string of the molecule is CCCCc1c(C)nc2nc(SCC(=O)N(C)Cc3ccc(F)cc3)nn2c1C. The van der Waals surface area contributed by atoms with Crippen molar-refractivity contribution in [3.8, 4) is 0 Å². The highest BCUT2D eigenvalue weighted by Gasteiger charge is 2.16. The number of nitrogens with zero attached hydrogens (tertiary/aromatic N) is 5. The van der Waals surface area contributed by atoms with Crippen LogP contribution in [0.1, 0.15) is 42.3 Å². The first kappa shape index (κ1) is 21.2. The number of amides is 1. The van der Waals surface area contributed by atoms with Gasteiger partial charge in [-0.3, -0.25) is 4.79 Å². The molecule has 1 amide bonds. The molecular formula is C21H26FN5OS. The third-order valence-corrected chi connectivity index (χ3v) is 5.72. The Labute approximate surface area is 174 Å². The summed E-state index contributed by atoms with van der Waals surface area (Å²) < 4.78 is 14.8. The van der Waals surface area contributed by atoms with Gasteiger partial charge in [-0.2, -0.15) is 4.98 Å². The van der Waals surface area contributed by atoms with Gasteiger partial charge in [-0.1, -0.05) is 37.2 Å². The van der Waals surface area contributed by atoms with Crippen molar-refractivity contribution in [1.82, 2.24) is 24.5 Å². The highest BCUT2D eigenvalue weighted by molar-refractivity contribution is 7.99. The van der Waals surface area contributed by atoms with E-state index >= 15 is 0 Å². The van der Waals surface area contributed by atoms with E-state index in [1.807, 2.05) is 13.8 Å². The molecule has 6 nitrogen and oxygen atoms in total. The summed E-state index contributed by atoms with van der Waals surface area (Å²) in [4.78, 5) is 23.1. The molecule has 0 spiro atoms. The lowest BCUT2D eigenvalue weighted by molar-refractivity contribution is -0.127. The zero-order chi connectivity index (χ0) is 21.0. The quantitative estimate of drug-likeness (QED) is 0.521. The Morgan fingerprint density at radius 1 is 1.21 bits per heavy atom. The van der Waals surface area contributed by atoms with Crippen LogP contribution in [-0.2, 0) is 17.8 Å². The van der Waals surface area contributed by atoms with Gasteiger partial charge in [0.2, 0.25) is 11.1 Å². The number of halogens is 1. The molecule has 2 heterocycles. The zero-order valence-corrected chi connectivity index (χ0v) is 18.1. The Balaban J connectivity index is 1.66. The fourth-order valence-electron chi connectivity index (χ4n) is 3.15. The third-order valence-electron chi connectivity index (χ3n) is 4.89. The number of aromatic nitrogens is 4. The molecule has 0 aliphatic heterocycles. The molecule has 154 valence electrons. The molecule has 0 saturated heterocycles. The number of carbonyl (C=O) groups excluding carboxylic acids is 1.